The van der Waals surface area contributed by atoms with E-state index in [-0.39, 0.29) is 18.0 Å². The first-order valence-corrected chi connectivity index (χ1v) is 6.76. The molecule has 1 aromatic heterocycles. The van der Waals surface area contributed by atoms with Gasteiger partial charge < -0.3 is 9.15 Å². The molecule has 0 aliphatic rings. The standard InChI is InChI=1S/C16H15ClO4/c1-16(15(19)20-2,11-5-7-12(17)8-6-11)10-13(18)14-4-3-9-21-14/h3-9H,10H2,1-2H3/t16-/m0/s1. The second-order valence-electron chi connectivity index (χ2n) is 4.91. The molecule has 0 amide bonds. The smallest absolute Gasteiger partial charge is 0.316 e. The molecular weight excluding hydrogens is 292 g/mol. The molecule has 1 aromatic carbocycles. The van der Waals surface area contributed by atoms with E-state index in [4.69, 9.17) is 20.8 Å². The summed E-state index contributed by atoms with van der Waals surface area (Å²) in [5.41, 5.74) is -0.429. The van der Waals surface area contributed by atoms with Crippen molar-refractivity contribution in [3.05, 3.63) is 59.0 Å². The number of hydrogen-bond acceptors (Lipinski definition) is 4. The molecular formula is C16H15ClO4. The Labute approximate surface area is 127 Å². The molecule has 1 atom stereocenters. The first-order chi connectivity index (χ1) is 9.97. The summed E-state index contributed by atoms with van der Waals surface area (Å²) in [7, 11) is 1.30. The first-order valence-electron chi connectivity index (χ1n) is 6.38. The molecule has 0 aliphatic heterocycles. The fraction of sp³-hybridized carbons (Fsp3) is 0.250. The summed E-state index contributed by atoms with van der Waals surface area (Å²) < 4.78 is 9.95. The van der Waals surface area contributed by atoms with Crippen LogP contribution in [0.5, 0.6) is 0 Å². The summed E-state index contributed by atoms with van der Waals surface area (Å²) in [4.78, 5) is 24.4. The van der Waals surface area contributed by atoms with Crippen LogP contribution in [0.25, 0.3) is 0 Å². The van der Waals surface area contributed by atoms with Crippen LogP contribution < -0.4 is 0 Å². The van der Waals surface area contributed by atoms with Crippen molar-refractivity contribution < 1.29 is 18.7 Å². The Bertz CT molecular complexity index is 631. The molecule has 2 rings (SSSR count). The molecule has 2 aromatic rings. The molecule has 0 radical (unpaired) electrons. The van der Waals surface area contributed by atoms with E-state index in [0.717, 1.165) is 0 Å². The molecule has 4 nitrogen and oxygen atoms in total. The van der Waals surface area contributed by atoms with Gasteiger partial charge in [0, 0.05) is 11.4 Å². The van der Waals surface area contributed by atoms with Gasteiger partial charge in [0.25, 0.3) is 0 Å². The SMILES string of the molecule is COC(=O)[C@@](C)(CC(=O)c1ccco1)c1ccc(Cl)cc1. The second-order valence-corrected chi connectivity index (χ2v) is 5.34. The molecule has 0 N–H and O–H groups in total. The summed E-state index contributed by atoms with van der Waals surface area (Å²) in [6.45, 7) is 1.67. The fourth-order valence-electron chi connectivity index (χ4n) is 2.18. The predicted molar refractivity (Wildman–Crippen MR) is 78.5 cm³/mol. The largest absolute Gasteiger partial charge is 0.468 e. The summed E-state index contributed by atoms with van der Waals surface area (Å²) in [5.74, 6) is -0.522. The average molecular weight is 307 g/mol. The number of ketones is 1. The molecule has 0 bridgehead atoms. The third-order valence-electron chi connectivity index (χ3n) is 3.43. The Morgan fingerprint density at radius 1 is 1.24 bits per heavy atom. The quantitative estimate of drug-likeness (QED) is 0.625. The van der Waals surface area contributed by atoms with Crippen LogP contribution in [0.1, 0.15) is 29.5 Å². The molecule has 0 aliphatic carbocycles. The predicted octanol–water partition coefficient (Wildman–Crippen LogP) is 3.64. The second kappa shape index (κ2) is 6.14. The lowest BCUT2D eigenvalue weighted by molar-refractivity contribution is -0.146. The number of halogens is 1. The Kier molecular flexibility index (Phi) is 4.48. The number of ether oxygens (including phenoxy) is 1. The fourth-order valence-corrected chi connectivity index (χ4v) is 2.31. The lowest BCUT2D eigenvalue weighted by Crippen LogP contribution is -2.36. The summed E-state index contributed by atoms with van der Waals surface area (Å²) >= 11 is 5.86. The minimum Gasteiger partial charge on any atom is -0.468 e. The van der Waals surface area contributed by atoms with Crippen molar-refractivity contribution in [2.75, 3.05) is 7.11 Å². The lowest BCUT2D eigenvalue weighted by Gasteiger charge is -2.26. The highest BCUT2D eigenvalue weighted by molar-refractivity contribution is 6.30. The zero-order valence-corrected chi connectivity index (χ0v) is 12.5. The van der Waals surface area contributed by atoms with E-state index in [2.05, 4.69) is 0 Å². The van der Waals surface area contributed by atoms with E-state index in [1.807, 2.05) is 0 Å². The molecule has 21 heavy (non-hydrogen) atoms. The van der Waals surface area contributed by atoms with Crippen molar-refractivity contribution in [3.63, 3.8) is 0 Å². The molecule has 0 saturated carbocycles. The Morgan fingerprint density at radius 3 is 2.43 bits per heavy atom. The third kappa shape index (κ3) is 3.16. The van der Waals surface area contributed by atoms with E-state index in [0.29, 0.717) is 10.6 Å². The number of Topliss-reactive ketones (excluding diaryl/α,β-unsaturated/α-hetero) is 1. The average Bonchev–Trinajstić information content (AvgIpc) is 3.01. The van der Waals surface area contributed by atoms with E-state index in [1.54, 1.807) is 43.3 Å². The molecule has 5 heteroatoms. The van der Waals surface area contributed by atoms with Crippen molar-refractivity contribution in [2.24, 2.45) is 0 Å². The highest BCUT2D eigenvalue weighted by Crippen LogP contribution is 2.31. The Balaban J connectivity index is 2.35. The van der Waals surface area contributed by atoms with Gasteiger partial charge in [-0.2, -0.15) is 0 Å². The van der Waals surface area contributed by atoms with Gasteiger partial charge in [0.2, 0.25) is 0 Å². The summed E-state index contributed by atoms with van der Waals surface area (Å²) in [5, 5.41) is 0.559. The monoisotopic (exact) mass is 306 g/mol. The normalized spacial score (nSPS) is 13.5. The van der Waals surface area contributed by atoms with Crippen molar-refractivity contribution in [1.29, 1.82) is 0 Å². The zero-order valence-electron chi connectivity index (χ0n) is 11.8. The van der Waals surface area contributed by atoms with E-state index < -0.39 is 11.4 Å². The van der Waals surface area contributed by atoms with Crippen LogP contribution in [0.2, 0.25) is 5.02 Å². The third-order valence-corrected chi connectivity index (χ3v) is 3.68. The van der Waals surface area contributed by atoms with Gasteiger partial charge in [0.05, 0.1) is 18.8 Å². The van der Waals surface area contributed by atoms with Crippen LogP contribution >= 0.6 is 11.6 Å². The van der Waals surface area contributed by atoms with Crippen molar-refractivity contribution in [3.8, 4) is 0 Å². The number of rotatable bonds is 5. The van der Waals surface area contributed by atoms with Crippen molar-refractivity contribution >= 4 is 23.4 Å². The van der Waals surface area contributed by atoms with Crippen LogP contribution in [0, 0.1) is 0 Å². The van der Waals surface area contributed by atoms with Crippen molar-refractivity contribution in [2.45, 2.75) is 18.8 Å². The molecule has 110 valence electrons. The molecule has 0 saturated heterocycles. The summed E-state index contributed by atoms with van der Waals surface area (Å²) in [6.07, 6.45) is 1.37. The maximum absolute atomic E-state index is 12.3. The number of furan rings is 1. The maximum Gasteiger partial charge on any atom is 0.316 e. The number of carbonyl (C=O) groups is 2. The van der Waals surface area contributed by atoms with Gasteiger partial charge in [-0.05, 0) is 36.8 Å². The highest BCUT2D eigenvalue weighted by atomic mass is 35.5. The molecule has 1 heterocycles. The van der Waals surface area contributed by atoms with Gasteiger partial charge in [-0.3, -0.25) is 9.59 Å². The number of esters is 1. The number of benzene rings is 1. The van der Waals surface area contributed by atoms with E-state index >= 15 is 0 Å². The Hall–Kier alpha value is -2.07. The maximum atomic E-state index is 12.3. The number of hydrogen-bond donors (Lipinski definition) is 0. The van der Waals surface area contributed by atoms with Crippen LogP contribution in [-0.2, 0) is 14.9 Å². The number of carbonyl (C=O) groups excluding carboxylic acids is 2. The Morgan fingerprint density at radius 2 is 1.90 bits per heavy atom. The first kappa shape index (κ1) is 15.3. The minimum atomic E-state index is -1.09. The van der Waals surface area contributed by atoms with Gasteiger partial charge in [-0.25, -0.2) is 0 Å². The van der Waals surface area contributed by atoms with E-state index in [1.165, 1.54) is 13.4 Å². The molecule has 0 fully saturated rings. The van der Waals surface area contributed by atoms with Gasteiger partial charge in [-0.15, -0.1) is 0 Å². The van der Waals surface area contributed by atoms with Crippen LogP contribution in [-0.4, -0.2) is 18.9 Å². The minimum absolute atomic E-state index is 0.0468. The molecule has 0 spiro atoms. The van der Waals surface area contributed by atoms with Gasteiger partial charge in [0.15, 0.2) is 11.5 Å². The zero-order chi connectivity index (χ0) is 15.5. The summed E-state index contributed by atoms with van der Waals surface area (Å²) in [6, 6.07) is 9.99. The highest BCUT2D eigenvalue weighted by Gasteiger charge is 2.39. The topological polar surface area (TPSA) is 56.5 Å². The van der Waals surface area contributed by atoms with Crippen LogP contribution in [0.15, 0.2) is 47.1 Å². The van der Waals surface area contributed by atoms with Crippen molar-refractivity contribution in [1.82, 2.24) is 0 Å². The number of methoxy groups -OCH3 is 1. The lowest BCUT2D eigenvalue weighted by atomic mass is 9.78. The van der Waals surface area contributed by atoms with Gasteiger partial charge >= 0.3 is 5.97 Å². The van der Waals surface area contributed by atoms with E-state index in [9.17, 15) is 9.59 Å². The van der Waals surface area contributed by atoms with Crippen LogP contribution in [0.4, 0.5) is 0 Å². The molecule has 0 unspecified atom stereocenters. The van der Waals surface area contributed by atoms with Crippen LogP contribution in [0.3, 0.4) is 0 Å². The van der Waals surface area contributed by atoms with Gasteiger partial charge in [-0.1, -0.05) is 23.7 Å². The van der Waals surface area contributed by atoms with Gasteiger partial charge in [0.1, 0.15) is 0 Å².